The number of carbonyl (C=O) groups is 1. The summed E-state index contributed by atoms with van der Waals surface area (Å²) in [6.45, 7) is 0. The number of hydrogen-bond acceptors (Lipinski definition) is 4. The molecule has 3 rings (SSSR count). The summed E-state index contributed by atoms with van der Waals surface area (Å²) in [5.41, 5.74) is 6.12. The molecule has 0 saturated heterocycles. The van der Waals surface area contributed by atoms with Gasteiger partial charge in [-0.1, -0.05) is 48.3 Å². The lowest BCUT2D eigenvalue weighted by Crippen LogP contribution is -2.12. The summed E-state index contributed by atoms with van der Waals surface area (Å²) in [6.07, 6.45) is 5.02. The van der Waals surface area contributed by atoms with E-state index in [0.29, 0.717) is 23.2 Å². The minimum Gasteiger partial charge on any atom is -0.370 e. The Labute approximate surface area is 144 Å². The molecule has 1 aromatic carbocycles. The van der Waals surface area contributed by atoms with E-state index in [4.69, 9.17) is 17.3 Å². The van der Waals surface area contributed by atoms with Crippen LogP contribution in [-0.2, 0) is 4.79 Å². The van der Waals surface area contributed by atoms with Gasteiger partial charge in [-0.25, -0.2) is 0 Å². The van der Waals surface area contributed by atoms with Gasteiger partial charge in [0.15, 0.2) is 11.0 Å². The lowest BCUT2D eigenvalue weighted by molar-refractivity contribution is -0.117. The highest BCUT2D eigenvalue weighted by molar-refractivity contribution is 7.99. The first-order valence-corrected chi connectivity index (χ1v) is 9.14. The second-order valence-corrected chi connectivity index (χ2v) is 7.13. The Balaban J connectivity index is 1.94. The Bertz CT molecular complexity index is 697. The highest BCUT2D eigenvalue weighted by atomic mass is 35.5. The van der Waals surface area contributed by atoms with Crippen molar-refractivity contribution in [2.45, 2.75) is 43.3 Å². The van der Waals surface area contributed by atoms with Gasteiger partial charge in [0.25, 0.3) is 0 Å². The van der Waals surface area contributed by atoms with Crippen LogP contribution in [0.1, 0.15) is 38.1 Å². The molecule has 1 aromatic heterocycles. The largest absolute Gasteiger partial charge is 0.370 e. The Hall–Kier alpha value is -1.53. The van der Waals surface area contributed by atoms with Gasteiger partial charge in [0.2, 0.25) is 5.91 Å². The van der Waals surface area contributed by atoms with Crippen molar-refractivity contribution in [1.29, 1.82) is 0 Å². The summed E-state index contributed by atoms with van der Waals surface area (Å²) >= 11 is 7.87. The molecule has 23 heavy (non-hydrogen) atoms. The smallest absolute Gasteiger partial charge is 0.218 e. The normalized spacial score (nSPS) is 15.2. The lowest BCUT2D eigenvalue weighted by Gasteiger charge is -2.17. The van der Waals surface area contributed by atoms with Crippen molar-refractivity contribution in [2.24, 2.45) is 5.73 Å². The van der Waals surface area contributed by atoms with E-state index in [1.165, 1.54) is 24.6 Å². The van der Waals surface area contributed by atoms with Crippen molar-refractivity contribution in [3.05, 3.63) is 29.3 Å². The van der Waals surface area contributed by atoms with Gasteiger partial charge in [-0.3, -0.25) is 9.36 Å². The second kappa shape index (κ2) is 7.36. The van der Waals surface area contributed by atoms with Crippen LogP contribution in [0.25, 0.3) is 11.4 Å². The van der Waals surface area contributed by atoms with Crippen molar-refractivity contribution in [1.82, 2.24) is 14.8 Å². The molecule has 1 aliphatic carbocycles. The Kier molecular flexibility index (Phi) is 5.23. The maximum atomic E-state index is 11.0. The number of nitrogens with zero attached hydrogens (tertiary/aromatic N) is 3. The number of thioether (sulfide) groups is 1. The van der Waals surface area contributed by atoms with E-state index < -0.39 is 0 Å². The van der Waals surface area contributed by atoms with Crippen LogP contribution >= 0.6 is 23.4 Å². The van der Waals surface area contributed by atoms with E-state index in [-0.39, 0.29) is 5.91 Å². The molecule has 2 N–H and O–H groups in total. The van der Waals surface area contributed by atoms with Gasteiger partial charge in [0.1, 0.15) is 0 Å². The molecule has 1 aliphatic rings. The second-order valence-electron chi connectivity index (χ2n) is 5.66. The number of benzene rings is 1. The van der Waals surface area contributed by atoms with E-state index in [1.54, 1.807) is 0 Å². The number of carbonyl (C=O) groups excluding carboxylic acids is 1. The molecular formula is C16H19ClN4OS. The van der Waals surface area contributed by atoms with Crippen molar-refractivity contribution in [2.75, 3.05) is 5.75 Å². The molecular weight excluding hydrogens is 332 g/mol. The van der Waals surface area contributed by atoms with Gasteiger partial charge in [0, 0.05) is 23.8 Å². The zero-order valence-electron chi connectivity index (χ0n) is 12.7. The van der Waals surface area contributed by atoms with E-state index in [2.05, 4.69) is 14.8 Å². The van der Waals surface area contributed by atoms with E-state index >= 15 is 0 Å². The van der Waals surface area contributed by atoms with Gasteiger partial charge in [-0.15, -0.1) is 10.2 Å². The monoisotopic (exact) mass is 350 g/mol. The Morgan fingerprint density at radius 1 is 1.30 bits per heavy atom. The molecule has 7 heteroatoms. The third-order valence-corrected chi connectivity index (χ3v) is 5.32. The number of nitrogens with two attached hydrogens (primary N) is 1. The van der Waals surface area contributed by atoms with Crippen LogP contribution in [0.5, 0.6) is 0 Å². The fourth-order valence-electron chi connectivity index (χ4n) is 2.94. The maximum absolute atomic E-state index is 11.0. The summed E-state index contributed by atoms with van der Waals surface area (Å²) in [7, 11) is 0. The number of primary amides is 1. The third kappa shape index (κ3) is 3.70. The highest BCUT2D eigenvalue weighted by Crippen LogP contribution is 2.38. The van der Waals surface area contributed by atoms with Crippen molar-refractivity contribution < 1.29 is 4.79 Å². The van der Waals surface area contributed by atoms with Gasteiger partial charge in [0.05, 0.1) is 5.02 Å². The van der Waals surface area contributed by atoms with E-state index in [1.807, 2.05) is 24.3 Å². The standard InChI is InChI=1S/C16H19ClN4OS/c17-13-8-4-3-7-12(13)15-19-20-16(23-10-9-14(18)22)21(15)11-5-1-2-6-11/h3-4,7-8,11H,1-2,5-6,9-10H2,(H2,18,22). The third-order valence-electron chi connectivity index (χ3n) is 4.05. The van der Waals surface area contributed by atoms with Crippen LogP contribution in [0.15, 0.2) is 29.4 Å². The molecule has 1 amide bonds. The molecule has 1 saturated carbocycles. The predicted molar refractivity (Wildman–Crippen MR) is 92.5 cm³/mol. The van der Waals surface area contributed by atoms with E-state index in [0.717, 1.165) is 29.4 Å². The zero-order chi connectivity index (χ0) is 16.2. The molecule has 0 bridgehead atoms. The highest BCUT2D eigenvalue weighted by Gasteiger charge is 2.25. The number of amides is 1. The zero-order valence-corrected chi connectivity index (χ0v) is 14.3. The summed E-state index contributed by atoms with van der Waals surface area (Å²) < 4.78 is 2.19. The molecule has 0 unspecified atom stereocenters. The van der Waals surface area contributed by atoms with Crippen LogP contribution in [0.3, 0.4) is 0 Å². The van der Waals surface area contributed by atoms with Crippen LogP contribution in [0.2, 0.25) is 5.02 Å². The topological polar surface area (TPSA) is 73.8 Å². The molecule has 0 atom stereocenters. The van der Waals surface area contributed by atoms with Crippen LogP contribution in [-0.4, -0.2) is 26.4 Å². The Morgan fingerprint density at radius 3 is 2.74 bits per heavy atom. The van der Waals surface area contributed by atoms with Gasteiger partial charge in [-0.05, 0) is 25.0 Å². The molecule has 0 radical (unpaired) electrons. The predicted octanol–water partition coefficient (Wildman–Crippen LogP) is 3.68. The first-order chi connectivity index (χ1) is 11.2. The lowest BCUT2D eigenvalue weighted by atomic mass is 10.2. The molecule has 2 aromatic rings. The van der Waals surface area contributed by atoms with Crippen molar-refractivity contribution in [3.8, 4) is 11.4 Å². The first kappa shape index (κ1) is 16.3. The quantitative estimate of drug-likeness (QED) is 0.806. The van der Waals surface area contributed by atoms with E-state index in [9.17, 15) is 4.79 Å². The SMILES string of the molecule is NC(=O)CCSc1nnc(-c2ccccc2Cl)n1C1CCCC1. The minimum atomic E-state index is -0.296. The van der Waals surface area contributed by atoms with Gasteiger partial charge < -0.3 is 5.73 Å². The first-order valence-electron chi connectivity index (χ1n) is 7.77. The maximum Gasteiger partial charge on any atom is 0.218 e. The van der Waals surface area contributed by atoms with Gasteiger partial charge >= 0.3 is 0 Å². The summed E-state index contributed by atoms with van der Waals surface area (Å²) in [4.78, 5) is 11.0. The Morgan fingerprint density at radius 2 is 2.04 bits per heavy atom. The fourth-order valence-corrected chi connectivity index (χ4v) is 4.12. The summed E-state index contributed by atoms with van der Waals surface area (Å²) in [5.74, 6) is 1.13. The fraction of sp³-hybridized carbons (Fsp3) is 0.438. The van der Waals surface area contributed by atoms with Crippen molar-refractivity contribution in [3.63, 3.8) is 0 Å². The number of rotatable bonds is 6. The number of aromatic nitrogens is 3. The molecule has 5 nitrogen and oxygen atoms in total. The number of hydrogen-bond donors (Lipinski definition) is 1. The summed E-state index contributed by atoms with van der Waals surface area (Å²) in [5, 5.41) is 10.2. The molecule has 1 fully saturated rings. The van der Waals surface area contributed by atoms with Gasteiger partial charge in [-0.2, -0.15) is 0 Å². The van der Waals surface area contributed by atoms with Crippen LogP contribution in [0, 0.1) is 0 Å². The number of halogens is 1. The molecule has 0 spiro atoms. The molecule has 122 valence electrons. The molecule has 1 heterocycles. The van der Waals surface area contributed by atoms with Crippen molar-refractivity contribution >= 4 is 29.3 Å². The van der Waals surface area contributed by atoms with Crippen LogP contribution in [0.4, 0.5) is 0 Å². The van der Waals surface area contributed by atoms with Crippen LogP contribution < -0.4 is 5.73 Å². The minimum absolute atomic E-state index is 0.296. The average molecular weight is 351 g/mol. The average Bonchev–Trinajstić information content (AvgIpc) is 3.16. The molecule has 0 aliphatic heterocycles. The summed E-state index contributed by atoms with van der Waals surface area (Å²) in [6, 6.07) is 8.09.